The monoisotopic (exact) mass is 369 g/mol. The molecule has 0 saturated carbocycles. The molecule has 2 aromatic rings. The summed E-state index contributed by atoms with van der Waals surface area (Å²) < 4.78 is 7.58. The smallest absolute Gasteiger partial charge is 0.220 e. The SMILES string of the molecule is COc1cccc(CN2CCc3nnc(C4CCCN4C(C)=O)n3CC2)c1. The highest BCUT2D eigenvalue weighted by Gasteiger charge is 2.33. The van der Waals surface area contributed by atoms with Crippen molar-refractivity contribution in [2.45, 2.75) is 45.3 Å². The van der Waals surface area contributed by atoms with Crippen molar-refractivity contribution in [3.8, 4) is 5.75 Å². The molecule has 1 amide bonds. The van der Waals surface area contributed by atoms with Gasteiger partial charge in [-0.3, -0.25) is 9.69 Å². The molecule has 144 valence electrons. The van der Waals surface area contributed by atoms with E-state index in [1.807, 2.05) is 17.0 Å². The number of likely N-dealkylation sites (tertiary alicyclic amines) is 1. The Balaban J connectivity index is 1.47. The highest BCUT2D eigenvalue weighted by atomic mass is 16.5. The van der Waals surface area contributed by atoms with E-state index in [9.17, 15) is 4.79 Å². The zero-order valence-electron chi connectivity index (χ0n) is 16.1. The lowest BCUT2D eigenvalue weighted by Crippen LogP contribution is -2.31. The average molecular weight is 369 g/mol. The number of amides is 1. The number of fused-ring (bicyclic) bond motifs is 1. The quantitative estimate of drug-likeness (QED) is 0.825. The molecule has 1 unspecified atom stereocenters. The maximum absolute atomic E-state index is 11.9. The Kier molecular flexibility index (Phi) is 5.11. The standard InChI is InChI=1S/C20H27N5O2/c1-15(26)24-9-4-7-18(24)20-22-21-19-8-10-23(11-12-25(19)20)14-16-5-3-6-17(13-16)27-2/h3,5-6,13,18H,4,7-12,14H2,1-2H3. The second-order valence-electron chi connectivity index (χ2n) is 7.37. The van der Waals surface area contributed by atoms with Crippen LogP contribution >= 0.6 is 0 Å². The minimum atomic E-state index is 0.0775. The molecule has 4 rings (SSSR count). The van der Waals surface area contributed by atoms with Gasteiger partial charge in [0.15, 0.2) is 5.82 Å². The Labute approximate surface area is 159 Å². The maximum Gasteiger partial charge on any atom is 0.220 e. The van der Waals surface area contributed by atoms with Crippen LogP contribution in [0.5, 0.6) is 5.75 Å². The summed E-state index contributed by atoms with van der Waals surface area (Å²) in [6.07, 6.45) is 2.89. The highest BCUT2D eigenvalue weighted by molar-refractivity contribution is 5.74. The van der Waals surface area contributed by atoms with Crippen LogP contribution in [0.3, 0.4) is 0 Å². The van der Waals surface area contributed by atoms with Gasteiger partial charge in [-0.1, -0.05) is 12.1 Å². The summed E-state index contributed by atoms with van der Waals surface area (Å²) in [7, 11) is 1.70. The third-order valence-electron chi connectivity index (χ3n) is 5.64. The zero-order chi connectivity index (χ0) is 18.8. The summed E-state index contributed by atoms with van der Waals surface area (Å²) in [6.45, 7) is 6.13. The van der Waals surface area contributed by atoms with E-state index in [1.165, 1.54) is 5.56 Å². The number of rotatable bonds is 4. The Bertz CT molecular complexity index is 818. The lowest BCUT2D eigenvalue weighted by atomic mass is 10.2. The summed E-state index contributed by atoms with van der Waals surface area (Å²) in [5, 5.41) is 8.92. The number of carbonyl (C=O) groups excluding carboxylic acids is 1. The van der Waals surface area contributed by atoms with Crippen molar-refractivity contribution in [3.05, 3.63) is 41.5 Å². The van der Waals surface area contributed by atoms with E-state index in [-0.39, 0.29) is 11.9 Å². The van der Waals surface area contributed by atoms with Crippen LogP contribution in [0.25, 0.3) is 0 Å². The van der Waals surface area contributed by atoms with Gasteiger partial charge in [0.05, 0.1) is 13.2 Å². The minimum Gasteiger partial charge on any atom is -0.497 e. The summed E-state index contributed by atoms with van der Waals surface area (Å²) >= 11 is 0. The van der Waals surface area contributed by atoms with E-state index in [0.29, 0.717) is 0 Å². The first-order valence-corrected chi connectivity index (χ1v) is 9.70. The van der Waals surface area contributed by atoms with Crippen molar-refractivity contribution in [1.82, 2.24) is 24.6 Å². The Morgan fingerprint density at radius 3 is 2.93 bits per heavy atom. The van der Waals surface area contributed by atoms with E-state index < -0.39 is 0 Å². The lowest BCUT2D eigenvalue weighted by Gasteiger charge is -2.24. The molecule has 1 atom stereocenters. The molecule has 2 aliphatic rings. The third kappa shape index (κ3) is 3.69. The predicted molar refractivity (Wildman–Crippen MR) is 101 cm³/mol. The topological polar surface area (TPSA) is 63.5 Å². The summed E-state index contributed by atoms with van der Waals surface area (Å²) in [5.41, 5.74) is 1.26. The van der Waals surface area contributed by atoms with Crippen LogP contribution in [0.15, 0.2) is 24.3 Å². The highest BCUT2D eigenvalue weighted by Crippen LogP contribution is 2.31. The summed E-state index contributed by atoms with van der Waals surface area (Å²) in [4.78, 5) is 16.3. The normalized spacial score (nSPS) is 20.4. The van der Waals surface area contributed by atoms with Crippen molar-refractivity contribution >= 4 is 5.91 Å². The molecule has 27 heavy (non-hydrogen) atoms. The second-order valence-corrected chi connectivity index (χ2v) is 7.37. The first-order valence-electron chi connectivity index (χ1n) is 9.70. The minimum absolute atomic E-state index is 0.0775. The number of methoxy groups -OCH3 is 1. The van der Waals surface area contributed by atoms with Crippen molar-refractivity contribution in [1.29, 1.82) is 0 Å². The predicted octanol–water partition coefficient (Wildman–Crippen LogP) is 2.03. The molecule has 7 nitrogen and oxygen atoms in total. The average Bonchev–Trinajstić information content (AvgIpc) is 3.26. The number of carbonyl (C=O) groups is 1. The second kappa shape index (κ2) is 7.68. The van der Waals surface area contributed by atoms with Gasteiger partial charge in [0, 0.05) is 46.1 Å². The molecule has 0 radical (unpaired) electrons. The molecular formula is C20H27N5O2. The van der Waals surface area contributed by atoms with Crippen molar-refractivity contribution in [2.75, 3.05) is 26.7 Å². The number of aromatic nitrogens is 3. The van der Waals surface area contributed by atoms with E-state index in [1.54, 1.807) is 14.0 Å². The zero-order valence-corrected chi connectivity index (χ0v) is 16.1. The molecule has 0 N–H and O–H groups in total. The summed E-state index contributed by atoms with van der Waals surface area (Å²) in [5.74, 6) is 3.02. The third-order valence-corrected chi connectivity index (χ3v) is 5.64. The van der Waals surface area contributed by atoms with Crippen molar-refractivity contribution in [3.63, 3.8) is 0 Å². The number of nitrogens with zero attached hydrogens (tertiary/aromatic N) is 5. The fraction of sp³-hybridized carbons (Fsp3) is 0.550. The maximum atomic E-state index is 11.9. The Morgan fingerprint density at radius 2 is 2.11 bits per heavy atom. The van der Waals surface area contributed by atoms with E-state index in [2.05, 4.69) is 31.8 Å². The van der Waals surface area contributed by atoms with Crippen LogP contribution in [-0.4, -0.2) is 57.2 Å². The molecule has 2 aliphatic heterocycles. The fourth-order valence-corrected chi connectivity index (χ4v) is 4.23. The number of hydrogen-bond donors (Lipinski definition) is 0. The van der Waals surface area contributed by atoms with E-state index in [0.717, 1.165) is 69.4 Å². The molecule has 1 fully saturated rings. The van der Waals surface area contributed by atoms with Crippen molar-refractivity contribution in [2.24, 2.45) is 0 Å². The molecular weight excluding hydrogens is 342 g/mol. The van der Waals surface area contributed by atoms with Crippen LogP contribution in [0.1, 0.15) is 43.0 Å². The van der Waals surface area contributed by atoms with Crippen LogP contribution < -0.4 is 4.74 Å². The molecule has 0 bridgehead atoms. The van der Waals surface area contributed by atoms with Gasteiger partial charge in [-0.2, -0.15) is 0 Å². The van der Waals surface area contributed by atoms with Gasteiger partial charge in [0.1, 0.15) is 11.6 Å². The van der Waals surface area contributed by atoms with Crippen molar-refractivity contribution < 1.29 is 9.53 Å². The molecule has 7 heteroatoms. The van der Waals surface area contributed by atoms with Gasteiger partial charge >= 0.3 is 0 Å². The van der Waals surface area contributed by atoms with Gasteiger partial charge in [-0.05, 0) is 30.5 Å². The van der Waals surface area contributed by atoms with Crippen LogP contribution in [0, 0.1) is 0 Å². The number of hydrogen-bond acceptors (Lipinski definition) is 5. The molecule has 1 aromatic carbocycles. The molecule has 0 aliphatic carbocycles. The first kappa shape index (κ1) is 18.0. The molecule has 0 spiro atoms. The van der Waals surface area contributed by atoms with Crippen LogP contribution in [-0.2, 0) is 24.3 Å². The van der Waals surface area contributed by atoms with E-state index >= 15 is 0 Å². The largest absolute Gasteiger partial charge is 0.497 e. The van der Waals surface area contributed by atoms with Crippen LogP contribution in [0.2, 0.25) is 0 Å². The number of ether oxygens (including phenoxy) is 1. The molecule has 1 saturated heterocycles. The fourth-order valence-electron chi connectivity index (χ4n) is 4.23. The van der Waals surface area contributed by atoms with E-state index in [4.69, 9.17) is 4.74 Å². The summed E-state index contributed by atoms with van der Waals surface area (Å²) in [6, 6.07) is 8.33. The van der Waals surface area contributed by atoms with Crippen LogP contribution in [0.4, 0.5) is 0 Å². The Hall–Kier alpha value is -2.41. The lowest BCUT2D eigenvalue weighted by molar-refractivity contribution is -0.129. The first-order chi connectivity index (χ1) is 13.2. The van der Waals surface area contributed by atoms with Gasteiger partial charge in [0.2, 0.25) is 5.91 Å². The van der Waals surface area contributed by atoms with Gasteiger partial charge < -0.3 is 14.2 Å². The van der Waals surface area contributed by atoms with Gasteiger partial charge in [-0.15, -0.1) is 10.2 Å². The Morgan fingerprint density at radius 1 is 1.22 bits per heavy atom. The van der Waals surface area contributed by atoms with Gasteiger partial charge in [0.25, 0.3) is 0 Å². The molecule has 3 heterocycles. The molecule has 1 aromatic heterocycles. The number of benzene rings is 1. The van der Waals surface area contributed by atoms with Gasteiger partial charge in [-0.25, -0.2) is 0 Å².